The molecule has 0 saturated heterocycles. The van der Waals surface area contributed by atoms with Crippen LogP contribution in [-0.4, -0.2) is 19.5 Å². The summed E-state index contributed by atoms with van der Waals surface area (Å²) in [6, 6.07) is 6.26. The third-order valence-corrected chi connectivity index (χ3v) is 4.48. The molecule has 116 valence electrons. The Bertz CT molecular complexity index is 850. The fourth-order valence-electron chi connectivity index (χ4n) is 1.81. The van der Waals surface area contributed by atoms with Gasteiger partial charge in [0.2, 0.25) is 0 Å². The van der Waals surface area contributed by atoms with Crippen molar-refractivity contribution in [3.8, 4) is 0 Å². The maximum Gasteiger partial charge on any atom is 0.335 e. The zero-order chi connectivity index (χ0) is 16.5. The number of carboxylic acids is 1. The number of hydrogen-bond acceptors (Lipinski definition) is 3. The van der Waals surface area contributed by atoms with E-state index in [4.69, 9.17) is 5.11 Å². The average molecular weight is 327 g/mol. The number of halogens is 2. The molecule has 2 N–H and O–H groups in total. The van der Waals surface area contributed by atoms with Crippen LogP contribution >= 0.6 is 0 Å². The fraction of sp³-hybridized carbons (Fsp3) is 0.0714. The van der Waals surface area contributed by atoms with Gasteiger partial charge in [-0.25, -0.2) is 22.0 Å². The predicted octanol–water partition coefficient (Wildman–Crippen LogP) is 2.77. The monoisotopic (exact) mass is 327 g/mol. The quantitative estimate of drug-likeness (QED) is 0.904. The Morgan fingerprint density at radius 3 is 2.41 bits per heavy atom. The summed E-state index contributed by atoms with van der Waals surface area (Å²) in [5.41, 5.74) is -0.839. The molecule has 0 aliphatic heterocycles. The second-order valence-corrected chi connectivity index (χ2v) is 6.12. The number of carboxylic acid groups (broad SMARTS) is 1. The topological polar surface area (TPSA) is 83.5 Å². The summed E-state index contributed by atoms with van der Waals surface area (Å²) in [7, 11) is -4.20. The van der Waals surface area contributed by atoms with E-state index in [9.17, 15) is 22.0 Å². The first-order valence-electron chi connectivity index (χ1n) is 6.03. The van der Waals surface area contributed by atoms with Crippen molar-refractivity contribution < 1.29 is 27.1 Å². The number of anilines is 1. The summed E-state index contributed by atoms with van der Waals surface area (Å²) in [5, 5.41) is 8.73. The summed E-state index contributed by atoms with van der Waals surface area (Å²) in [4.78, 5) is 10.4. The van der Waals surface area contributed by atoms with E-state index in [1.54, 1.807) is 0 Å². The van der Waals surface area contributed by atoms with Crippen LogP contribution in [-0.2, 0) is 10.0 Å². The molecule has 2 rings (SSSR count). The second kappa shape index (κ2) is 5.72. The van der Waals surface area contributed by atoms with Gasteiger partial charge in [0, 0.05) is 5.56 Å². The van der Waals surface area contributed by atoms with Crippen molar-refractivity contribution in [1.29, 1.82) is 0 Å². The molecule has 2 aromatic carbocycles. The standard InChI is InChI=1S/C14H11F2NO4S/c1-8-10(15)3-2-4-13(8)22(20,21)17-12-6-5-9(14(18)19)7-11(12)16/h2-7,17H,1H3,(H,18,19). The van der Waals surface area contributed by atoms with Gasteiger partial charge in [-0.3, -0.25) is 4.72 Å². The number of nitrogens with one attached hydrogen (secondary N) is 1. The fourth-order valence-corrected chi connectivity index (χ4v) is 3.13. The Morgan fingerprint density at radius 1 is 1.14 bits per heavy atom. The first-order valence-corrected chi connectivity index (χ1v) is 7.51. The highest BCUT2D eigenvalue weighted by Crippen LogP contribution is 2.23. The zero-order valence-corrected chi connectivity index (χ0v) is 12.1. The van der Waals surface area contributed by atoms with Gasteiger partial charge < -0.3 is 5.11 Å². The van der Waals surface area contributed by atoms with Crippen LogP contribution in [0.3, 0.4) is 0 Å². The highest BCUT2D eigenvalue weighted by Gasteiger charge is 2.20. The largest absolute Gasteiger partial charge is 0.478 e. The van der Waals surface area contributed by atoms with E-state index < -0.39 is 33.3 Å². The number of sulfonamides is 1. The van der Waals surface area contributed by atoms with Gasteiger partial charge in [-0.15, -0.1) is 0 Å². The molecular weight excluding hydrogens is 316 g/mol. The third-order valence-electron chi connectivity index (χ3n) is 2.97. The van der Waals surface area contributed by atoms with Gasteiger partial charge in [0.15, 0.2) is 0 Å². The predicted molar refractivity (Wildman–Crippen MR) is 75.3 cm³/mol. The number of aromatic carboxylic acids is 1. The SMILES string of the molecule is Cc1c(F)cccc1S(=O)(=O)Nc1ccc(C(=O)O)cc1F. The molecule has 0 spiro atoms. The number of benzene rings is 2. The van der Waals surface area contributed by atoms with Crippen molar-refractivity contribution in [2.45, 2.75) is 11.8 Å². The van der Waals surface area contributed by atoms with Crippen molar-refractivity contribution in [3.05, 3.63) is 59.2 Å². The highest BCUT2D eigenvalue weighted by atomic mass is 32.2. The molecule has 0 atom stereocenters. The van der Waals surface area contributed by atoms with E-state index in [1.807, 2.05) is 4.72 Å². The maximum absolute atomic E-state index is 13.8. The Morgan fingerprint density at radius 2 is 1.82 bits per heavy atom. The molecule has 2 aromatic rings. The minimum atomic E-state index is -4.20. The third kappa shape index (κ3) is 3.06. The van der Waals surface area contributed by atoms with Gasteiger partial charge in [-0.1, -0.05) is 6.07 Å². The van der Waals surface area contributed by atoms with Crippen LogP contribution in [0.2, 0.25) is 0 Å². The number of hydrogen-bond donors (Lipinski definition) is 2. The Labute approximate surface area is 125 Å². The maximum atomic E-state index is 13.8. The van der Waals surface area contributed by atoms with E-state index in [2.05, 4.69) is 0 Å². The molecule has 0 aliphatic rings. The van der Waals surface area contributed by atoms with Crippen LogP contribution in [0.5, 0.6) is 0 Å². The van der Waals surface area contributed by atoms with Gasteiger partial charge in [0.05, 0.1) is 16.1 Å². The molecule has 0 bridgehead atoms. The van der Waals surface area contributed by atoms with E-state index in [0.717, 1.165) is 18.2 Å². The highest BCUT2D eigenvalue weighted by molar-refractivity contribution is 7.92. The Kier molecular flexibility index (Phi) is 4.14. The Balaban J connectivity index is 2.41. The van der Waals surface area contributed by atoms with Crippen molar-refractivity contribution in [2.75, 3.05) is 4.72 Å². The molecule has 22 heavy (non-hydrogen) atoms. The first-order chi connectivity index (χ1) is 10.2. The molecule has 0 aliphatic carbocycles. The summed E-state index contributed by atoms with van der Waals surface area (Å²) in [5.74, 6) is -3.09. The van der Waals surface area contributed by atoms with Gasteiger partial charge in [-0.05, 0) is 37.3 Å². The van der Waals surface area contributed by atoms with E-state index >= 15 is 0 Å². The van der Waals surface area contributed by atoms with Gasteiger partial charge >= 0.3 is 5.97 Å². The molecule has 5 nitrogen and oxygen atoms in total. The van der Waals surface area contributed by atoms with Crippen molar-refractivity contribution in [2.24, 2.45) is 0 Å². The summed E-state index contributed by atoms with van der Waals surface area (Å²) >= 11 is 0. The zero-order valence-electron chi connectivity index (χ0n) is 11.3. The number of carbonyl (C=O) groups is 1. The normalized spacial score (nSPS) is 11.2. The molecule has 0 saturated carbocycles. The van der Waals surface area contributed by atoms with Gasteiger partial charge in [0.1, 0.15) is 11.6 Å². The lowest BCUT2D eigenvalue weighted by Crippen LogP contribution is -2.16. The lowest BCUT2D eigenvalue weighted by molar-refractivity contribution is 0.0696. The molecule has 8 heteroatoms. The van der Waals surface area contributed by atoms with Gasteiger partial charge in [-0.2, -0.15) is 0 Å². The minimum Gasteiger partial charge on any atom is -0.478 e. The lowest BCUT2D eigenvalue weighted by atomic mass is 10.2. The van der Waals surface area contributed by atoms with Gasteiger partial charge in [0.25, 0.3) is 10.0 Å². The van der Waals surface area contributed by atoms with E-state index in [0.29, 0.717) is 6.07 Å². The summed E-state index contributed by atoms with van der Waals surface area (Å²) in [6.45, 7) is 1.29. The molecule has 0 fully saturated rings. The van der Waals surface area contributed by atoms with E-state index in [1.165, 1.54) is 19.1 Å². The molecular formula is C14H11F2NO4S. The molecule has 0 unspecified atom stereocenters. The lowest BCUT2D eigenvalue weighted by Gasteiger charge is -2.11. The summed E-state index contributed by atoms with van der Waals surface area (Å²) < 4.78 is 53.6. The average Bonchev–Trinajstić information content (AvgIpc) is 2.43. The molecule has 0 radical (unpaired) electrons. The van der Waals surface area contributed by atoms with Crippen LogP contribution in [0.25, 0.3) is 0 Å². The van der Waals surface area contributed by atoms with Crippen molar-refractivity contribution in [3.63, 3.8) is 0 Å². The van der Waals surface area contributed by atoms with Crippen LogP contribution < -0.4 is 4.72 Å². The van der Waals surface area contributed by atoms with Crippen LogP contribution in [0.4, 0.5) is 14.5 Å². The minimum absolute atomic E-state index is 0.0995. The second-order valence-electron chi connectivity index (χ2n) is 4.47. The van der Waals surface area contributed by atoms with Crippen LogP contribution in [0.1, 0.15) is 15.9 Å². The van der Waals surface area contributed by atoms with E-state index in [-0.39, 0.29) is 16.0 Å². The van der Waals surface area contributed by atoms with Crippen LogP contribution in [0.15, 0.2) is 41.3 Å². The molecule has 0 aromatic heterocycles. The smallest absolute Gasteiger partial charge is 0.335 e. The van der Waals surface area contributed by atoms with Crippen molar-refractivity contribution in [1.82, 2.24) is 0 Å². The van der Waals surface area contributed by atoms with Crippen LogP contribution in [0, 0.1) is 18.6 Å². The first kappa shape index (κ1) is 15.9. The number of rotatable bonds is 4. The van der Waals surface area contributed by atoms with Crippen molar-refractivity contribution >= 4 is 21.7 Å². The Hall–Kier alpha value is -2.48. The molecule has 0 amide bonds. The summed E-state index contributed by atoms with van der Waals surface area (Å²) in [6.07, 6.45) is 0. The molecule has 0 heterocycles.